The molecule has 0 spiro atoms. The van der Waals surface area contributed by atoms with Crippen LogP contribution in [0, 0.1) is 0 Å². The summed E-state index contributed by atoms with van der Waals surface area (Å²) in [5, 5.41) is 4.78. The number of aromatic nitrogens is 2. The molecule has 0 N–H and O–H groups in total. The van der Waals surface area contributed by atoms with Gasteiger partial charge in [-0.2, -0.15) is 0 Å². The van der Waals surface area contributed by atoms with Crippen molar-refractivity contribution in [3.05, 3.63) is 44.9 Å². The molecule has 3 heterocycles. The lowest BCUT2D eigenvalue weighted by Crippen LogP contribution is -2.04. The lowest BCUT2D eigenvalue weighted by Gasteiger charge is -2.05. The van der Waals surface area contributed by atoms with Gasteiger partial charge in [0, 0.05) is 20.7 Å². The third-order valence-corrected chi connectivity index (χ3v) is 5.63. The Balaban J connectivity index is 2.00. The zero-order valence-electron chi connectivity index (χ0n) is 12.1. The van der Waals surface area contributed by atoms with Crippen molar-refractivity contribution >= 4 is 56.2 Å². The summed E-state index contributed by atoms with van der Waals surface area (Å²) in [6.07, 6.45) is 0.230. The topological polar surface area (TPSA) is 43.6 Å². The first-order valence-electron chi connectivity index (χ1n) is 6.86. The predicted molar refractivity (Wildman–Crippen MR) is 94.6 cm³/mol. The fourth-order valence-electron chi connectivity index (χ4n) is 2.58. The number of fused-ring (bicyclic) bond motifs is 3. The van der Waals surface area contributed by atoms with E-state index < -0.39 is 0 Å². The molecule has 0 aliphatic heterocycles. The molecule has 3 aromatic heterocycles. The largest absolute Gasteiger partial charge is 0.469 e. The van der Waals surface area contributed by atoms with Crippen LogP contribution in [0.5, 0.6) is 0 Å². The van der Waals surface area contributed by atoms with Crippen LogP contribution in [0.15, 0.2) is 35.0 Å². The summed E-state index contributed by atoms with van der Waals surface area (Å²) >= 11 is 9.14. The number of thiazole rings is 1. The molecular formula is C16H11ClN2O2S2. The summed E-state index contributed by atoms with van der Waals surface area (Å²) in [6, 6.07) is 7.62. The van der Waals surface area contributed by atoms with E-state index in [1.807, 2.05) is 29.6 Å². The third-order valence-electron chi connectivity index (χ3n) is 3.62. The van der Waals surface area contributed by atoms with Crippen molar-refractivity contribution in [1.29, 1.82) is 0 Å². The van der Waals surface area contributed by atoms with Crippen molar-refractivity contribution in [3.63, 3.8) is 0 Å². The minimum Gasteiger partial charge on any atom is -0.469 e. The number of ether oxygens (including phenoxy) is 1. The standard InChI is InChI=1S/C16H11ClN2O2S2/c1-21-14(20)6-13-15(9-2-4-10(17)5-3-9)19-12-8-22-7-11(12)18-16(19)23-13/h2-5,7-8H,6H2,1H3. The molecule has 4 rings (SSSR count). The average Bonchev–Trinajstić information content (AvgIpc) is 3.19. The summed E-state index contributed by atoms with van der Waals surface area (Å²) in [7, 11) is 1.40. The minimum atomic E-state index is -0.258. The molecule has 0 amide bonds. The molecule has 0 radical (unpaired) electrons. The van der Waals surface area contributed by atoms with Crippen molar-refractivity contribution in [1.82, 2.24) is 9.38 Å². The van der Waals surface area contributed by atoms with Crippen molar-refractivity contribution in [2.24, 2.45) is 0 Å². The lowest BCUT2D eigenvalue weighted by molar-refractivity contribution is -0.139. The molecule has 4 nitrogen and oxygen atoms in total. The van der Waals surface area contributed by atoms with Crippen molar-refractivity contribution in [2.45, 2.75) is 6.42 Å². The van der Waals surface area contributed by atoms with Crippen LogP contribution in [0.2, 0.25) is 5.02 Å². The Morgan fingerprint density at radius 1 is 1.30 bits per heavy atom. The molecule has 23 heavy (non-hydrogen) atoms. The van der Waals surface area contributed by atoms with Gasteiger partial charge in [-0.05, 0) is 17.7 Å². The van der Waals surface area contributed by atoms with Crippen LogP contribution in [0.3, 0.4) is 0 Å². The molecule has 4 aromatic rings. The molecule has 116 valence electrons. The van der Waals surface area contributed by atoms with Gasteiger partial charge < -0.3 is 4.74 Å². The number of halogens is 1. The van der Waals surface area contributed by atoms with Crippen LogP contribution in [0.25, 0.3) is 27.3 Å². The van der Waals surface area contributed by atoms with E-state index in [4.69, 9.17) is 16.3 Å². The summed E-state index contributed by atoms with van der Waals surface area (Å²) in [5.74, 6) is -0.258. The predicted octanol–water partition coefficient (Wildman–Crippen LogP) is 4.65. The first kappa shape index (κ1) is 14.7. The van der Waals surface area contributed by atoms with Gasteiger partial charge in [0.25, 0.3) is 0 Å². The number of hydrogen-bond acceptors (Lipinski definition) is 5. The fraction of sp³-hybridized carbons (Fsp3) is 0.125. The molecular weight excluding hydrogens is 352 g/mol. The number of thiophene rings is 1. The van der Waals surface area contributed by atoms with E-state index in [1.54, 1.807) is 11.3 Å². The van der Waals surface area contributed by atoms with E-state index in [0.29, 0.717) is 5.02 Å². The van der Waals surface area contributed by atoms with Gasteiger partial charge in [-0.3, -0.25) is 9.20 Å². The van der Waals surface area contributed by atoms with Gasteiger partial charge in [-0.1, -0.05) is 23.7 Å². The normalized spacial score (nSPS) is 11.4. The van der Waals surface area contributed by atoms with Crippen molar-refractivity contribution in [3.8, 4) is 11.3 Å². The van der Waals surface area contributed by atoms with E-state index in [1.165, 1.54) is 18.4 Å². The second-order valence-electron chi connectivity index (χ2n) is 5.01. The van der Waals surface area contributed by atoms with Gasteiger partial charge in [0.15, 0.2) is 4.96 Å². The zero-order chi connectivity index (χ0) is 16.0. The SMILES string of the molecule is COC(=O)Cc1sc2nc3cscc3n2c1-c1ccc(Cl)cc1. The van der Waals surface area contributed by atoms with Crippen LogP contribution < -0.4 is 0 Å². The van der Waals surface area contributed by atoms with Crippen LogP contribution in [0.1, 0.15) is 4.88 Å². The molecule has 0 saturated carbocycles. The Morgan fingerprint density at radius 2 is 2.09 bits per heavy atom. The second-order valence-corrected chi connectivity index (χ2v) is 7.25. The Hall–Kier alpha value is -1.89. The number of rotatable bonds is 3. The van der Waals surface area contributed by atoms with Gasteiger partial charge in [0.1, 0.15) is 5.52 Å². The first-order chi connectivity index (χ1) is 11.2. The number of methoxy groups -OCH3 is 1. The minimum absolute atomic E-state index is 0.230. The number of carbonyl (C=O) groups is 1. The van der Waals surface area contributed by atoms with E-state index in [9.17, 15) is 4.79 Å². The van der Waals surface area contributed by atoms with E-state index >= 15 is 0 Å². The van der Waals surface area contributed by atoms with E-state index in [0.717, 1.165) is 32.1 Å². The van der Waals surface area contributed by atoms with Gasteiger partial charge in [-0.25, -0.2) is 4.98 Å². The molecule has 0 unspecified atom stereocenters. The number of hydrogen-bond donors (Lipinski definition) is 0. The Kier molecular flexibility index (Phi) is 3.60. The maximum atomic E-state index is 11.8. The molecule has 0 aliphatic carbocycles. The number of imidazole rings is 1. The highest BCUT2D eigenvalue weighted by molar-refractivity contribution is 7.17. The maximum Gasteiger partial charge on any atom is 0.310 e. The molecule has 0 atom stereocenters. The molecule has 0 saturated heterocycles. The van der Waals surface area contributed by atoms with Crippen LogP contribution in [0.4, 0.5) is 0 Å². The maximum absolute atomic E-state index is 11.8. The lowest BCUT2D eigenvalue weighted by atomic mass is 10.1. The van der Waals surface area contributed by atoms with E-state index in [-0.39, 0.29) is 12.4 Å². The summed E-state index contributed by atoms with van der Waals surface area (Å²) in [5.41, 5.74) is 4.02. The fourth-order valence-corrected chi connectivity index (χ4v) is 4.57. The van der Waals surface area contributed by atoms with Crippen LogP contribution in [-0.4, -0.2) is 22.5 Å². The summed E-state index contributed by atoms with van der Waals surface area (Å²) in [4.78, 5) is 18.2. The summed E-state index contributed by atoms with van der Waals surface area (Å²) < 4.78 is 6.94. The number of carbonyl (C=O) groups excluding carboxylic acids is 1. The van der Waals surface area contributed by atoms with Gasteiger partial charge in [0.2, 0.25) is 0 Å². The third kappa shape index (κ3) is 2.43. The number of esters is 1. The van der Waals surface area contributed by atoms with Gasteiger partial charge in [0.05, 0.1) is 24.7 Å². The molecule has 0 bridgehead atoms. The number of benzene rings is 1. The van der Waals surface area contributed by atoms with Gasteiger partial charge in [-0.15, -0.1) is 22.7 Å². The molecule has 1 aromatic carbocycles. The Labute approximate surface area is 144 Å². The Bertz CT molecular complexity index is 1010. The smallest absolute Gasteiger partial charge is 0.310 e. The summed E-state index contributed by atoms with van der Waals surface area (Å²) in [6.45, 7) is 0. The van der Waals surface area contributed by atoms with Gasteiger partial charge >= 0.3 is 5.97 Å². The molecule has 7 heteroatoms. The average molecular weight is 363 g/mol. The second kappa shape index (κ2) is 5.63. The number of nitrogens with zero attached hydrogens (tertiary/aromatic N) is 2. The van der Waals surface area contributed by atoms with Crippen LogP contribution in [-0.2, 0) is 16.0 Å². The molecule has 0 fully saturated rings. The van der Waals surface area contributed by atoms with Crippen molar-refractivity contribution in [2.75, 3.05) is 7.11 Å². The van der Waals surface area contributed by atoms with Crippen molar-refractivity contribution < 1.29 is 9.53 Å². The Morgan fingerprint density at radius 3 is 2.83 bits per heavy atom. The highest BCUT2D eigenvalue weighted by atomic mass is 35.5. The highest BCUT2D eigenvalue weighted by Crippen LogP contribution is 2.36. The highest BCUT2D eigenvalue weighted by Gasteiger charge is 2.20. The quantitative estimate of drug-likeness (QED) is 0.498. The van der Waals surface area contributed by atoms with E-state index in [2.05, 4.69) is 14.8 Å². The zero-order valence-corrected chi connectivity index (χ0v) is 14.5. The molecule has 0 aliphatic rings. The first-order valence-corrected chi connectivity index (χ1v) is 9.00. The monoisotopic (exact) mass is 362 g/mol. The van der Waals surface area contributed by atoms with Crippen LogP contribution >= 0.6 is 34.3 Å².